The summed E-state index contributed by atoms with van der Waals surface area (Å²) in [5, 5.41) is 19.7. The molecule has 1 aliphatic carbocycles. The maximum absolute atomic E-state index is 11.5. The zero-order chi connectivity index (χ0) is 14.8. The molecule has 0 bridgehead atoms. The lowest BCUT2D eigenvalue weighted by Crippen LogP contribution is -2.44. The zero-order valence-electron chi connectivity index (χ0n) is 12.8. The van der Waals surface area contributed by atoms with Gasteiger partial charge in [0.1, 0.15) is 6.10 Å². The van der Waals surface area contributed by atoms with Crippen molar-refractivity contribution in [2.24, 2.45) is 0 Å². The third kappa shape index (κ3) is 5.37. The van der Waals surface area contributed by atoms with Crippen molar-refractivity contribution in [2.45, 2.75) is 89.3 Å². The molecule has 0 amide bonds. The fourth-order valence-electron chi connectivity index (χ4n) is 2.78. The average Bonchev–Trinajstić information content (AvgIpc) is 2.69. The minimum absolute atomic E-state index is 0.346. The molecule has 116 valence electrons. The standard InChI is InChI=1S/C17H30O3/c1-2-3-4-5-6-7-8-9-10-11-14-17(20)15(18)12-13-16(17)19/h12-13,15,18,20H,2-11,14H2,1H3/t15-,17+/m0/s1. The van der Waals surface area contributed by atoms with E-state index in [0.29, 0.717) is 6.42 Å². The van der Waals surface area contributed by atoms with Gasteiger partial charge in [-0.25, -0.2) is 0 Å². The van der Waals surface area contributed by atoms with Crippen LogP contribution in [-0.2, 0) is 4.79 Å². The van der Waals surface area contributed by atoms with Crippen LogP contribution in [0.3, 0.4) is 0 Å². The second kappa shape index (κ2) is 9.30. The van der Waals surface area contributed by atoms with Gasteiger partial charge in [-0.1, -0.05) is 64.7 Å². The first-order valence-electron chi connectivity index (χ1n) is 8.24. The molecule has 3 heteroatoms. The highest BCUT2D eigenvalue weighted by Gasteiger charge is 2.43. The van der Waals surface area contributed by atoms with E-state index < -0.39 is 11.7 Å². The van der Waals surface area contributed by atoms with Gasteiger partial charge in [0, 0.05) is 0 Å². The van der Waals surface area contributed by atoms with Gasteiger partial charge in [0.25, 0.3) is 0 Å². The van der Waals surface area contributed by atoms with Gasteiger partial charge >= 0.3 is 0 Å². The van der Waals surface area contributed by atoms with Gasteiger partial charge in [-0.05, 0) is 25.0 Å². The summed E-state index contributed by atoms with van der Waals surface area (Å²) in [5.74, 6) is -0.346. The van der Waals surface area contributed by atoms with Crippen molar-refractivity contribution in [1.29, 1.82) is 0 Å². The lowest BCUT2D eigenvalue weighted by molar-refractivity contribution is -0.139. The Morgan fingerprint density at radius 2 is 1.50 bits per heavy atom. The van der Waals surface area contributed by atoms with Crippen molar-refractivity contribution in [3.05, 3.63) is 12.2 Å². The predicted molar refractivity (Wildman–Crippen MR) is 81.6 cm³/mol. The molecule has 20 heavy (non-hydrogen) atoms. The number of carbonyl (C=O) groups excluding carboxylic acids is 1. The minimum atomic E-state index is -1.54. The molecular formula is C17H30O3. The van der Waals surface area contributed by atoms with E-state index in [1.54, 1.807) is 0 Å². The molecular weight excluding hydrogens is 252 g/mol. The summed E-state index contributed by atoms with van der Waals surface area (Å²) in [6.07, 6.45) is 14.2. The Balaban J connectivity index is 1.96. The molecule has 0 saturated heterocycles. The quantitative estimate of drug-likeness (QED) is 0.570. The van der Waals surface area contributed by atoms with Crippen molar-refractivity contribution in [2.75, 3.05) is 0 Å². The molecule has 0 heterocycles. The van der Waals surface area contributed by atoms with Crippen molar-refractivity contribution in [1.82, 2.24) is 0 Å². The highest BCUT2D eigenvalue weighted by Crippen LogP contribution is 2.27. The van der Waals surface area contributed by atoms with Crippen LogP contribution in [0, 0.1) is 0 Å². The van der Waals surface area contributed by atoms with Crippen LogP contribution in [0.1, 0.15) is 77.6 Å². The van der Waals surface area contributed by atoms with E-state index in [2.05, 4.69) is 6.92 Å². The first-order chi connectivity index (χ1) is 9.61. The van der Waals surface area contributed by atoms with Gasteiger partial charge in [-0.15, -0.1) is 0 Å². The molecule has 0 radical (unpaired) electrons. The van der Waals surface area contributed by atoms with Crippen LogP contribution in [0.4, 0.5) is 0 Å². The molecule has 0 saturated carbocycles. The maximum atomic E-state index is 11.5. The van der Waals surface area contributed by atoms with Gasteiger partial charge in [-0.3, -0.25) is 4.79 Å². The minimum Gasteiger partial charge on any atom is -0.386 e. The number of ketones is 1. The number of rotatable bonds is 11. The first kappa shape index (κ1) is 17.4. The third-order valence-electron chi connectivity index (χ3n) is 4.26. The molecule has 0 unspecified atom stereocenters. The molecule has 1 rings (SSSR count). The Kier molecular flexibility index (Phi) is 8.08. The second-order valence-electron chi connectivity index (χ2n) is 6.02. The fourth-order valence-corrected chi connectivity index (χ4v) is 2.78. The first-order valence-corrected chi connectivity index (χ1v) is 8.24. The number of aliphatic hydroxyl groups excluding tert-OH is 1. The smallest absolute Gasteiger partial charge is 0.189 e. The summed E-state index contributed by atoms with van der Waals surface area (Å²) in [5.41, 5.74) is -1.54. The van der Waals surface area contributed by atoms with Gasteiger partial charge in [0.05, 0.1) is 0 Å². The summed E-state index contributed by atoms with van der Waals surface area (Å²) in [7, 11) is 0. The molecule has 0 aromatic heterocycles. The number of carbonyl (C=O) groups is 1. The van der Waals surface area contributed by atoms with Crippen LogP contribution in [0.2, 0.25) is 0 Å². The Morgan fingerprint density at radius 1 is 1.00 bits per heavy atom. The van der Waals surface area contributed by atoms with E-state index in [9.17, 15) is 15.0 Å². The van der Waals surface area contributed by atoms with E-state index in [0.717, 1.165) is 19.3 Å². The topological polar surface area (TPSA) is 57.5 Å². The van der Waals surface area contributed by atoms with E-state index in [1.807, 2.05) is 0 Å². The lowest BCUT2D eigenvalue weighted by atomic mass is 9.90. The molecule has 1 aliphatic rings. The van der Waals surface area contributed by atoms with Gasteiger partial charge in [-0.2, -0.15) is 0 Å². The van der Waals surface area contributed by atoms with Crippen molar-refractivity contribution in [3.8, 4) is 0 Å². The zero-order valence-corrected chi connectivity index (χ0v) is 12.8. The molecule has 0 fully saturated rings. The average molecular weight is 282 g/mol. The third-order valence-corrected chi connectivity index (χ3v) is 4.26. The number of unbranched alkanes of at least 4 members (excludes halogenated alkanes) is 9. The Labute approximate surface area is 123 Å². The van der Waals surface area contributed by atoms with Crippen molar-refractivity contribution in [3.63, 3.8) is 0 Å². The Morgan fingerprint density at radius 3 is 1.95 bits per heavy atom. The van der Waals surface area contributed by atoms with Crippen molar-refractivity contribution < 1.29 is 15.0 Å². The van der Waals surface area contributed by atoms with E-state index in [1.165, 1.54) is 57.1 Å². The van der Waals surface area contributed by atoms with Gasteiger partial charge in [0.15, 0.2) is 11.4 Å². The SMILES string of the molecule is CCCCCCCCCCCC[C@]1(O)C(=O)C=C[C@@H]1O. The van der Waals surface area contributed by atoms with Gasteiger partial charge < -0.3 is 10.2 Å². The van der Waals surface area contributed by atoms with Crippen LogP contribution in [0.25, 0.3) is 0 Å². The molecule has 2 atom stereocenters. The summed E-state index contributed by atoms with van der Waals surface area (Å²) in [6, 6.07) is 0. The highest BCUT2D eigenvalue weighted by atomic mass is 16.3. The van der Waals surface area contributed by atoms with Gasteiger partial charge in [0.2, 0.25) is 0 Å². The van der Waals surface area contributed by atoms with Crippen LogP contribution < -0.4 is 0 Å². The second-order valence-corrected chi connectivity index (χ2v) is 6.02. The molecule has 3 nitrogen and oxygen atoms in total. The van der Waals surface area contributed by atoms with Crippen LogP contribution in [0.15, 0.2) is 12.2 Å². The Bertz CT molecular complexity index is 311. The number of aliphatic hydroxyl groups is 2. The summed E-state index contributed by atoms with van der Waals surface area (Å²) in [4.78, 5) is 11.5. The lowest BCUT2D eigenvalue weighted by Gasteiger charge is -2.24. The van der Waals surface area contributed by atoms with E-state index in [-0.39, 0.29) is 5.78 Å². The monoisotopic (exact) mass is 282 g/mol. The number of hydrogen-bond donors (Lipinski definition) is 2. The van der Waals surface area contributed by atoms with E-state index in [4.69, 9.17) is 0 Å². The largest absolute Gasteiger partial charge is 0.386 e. The summed E-state index contributed by atoms with van der Waals surface area (Å²) < 4.78 is 0. The fraction of sp³-hybridized carbons (Fsp3) is 0.824. The van der Waals surface area contributed by atoms with Crippen molar-refractivity contribution >= 4 is 5.78 Å². The molecule has 0 aromatic carbocycles. The van der Waals surface area contributed by atoms with Crippen LogP contribution in [-0.4, -0.2) is 27.7 Å². The Hall–Kier alpha value is -0.670. The summed E-state index contributed by atoms with van der Waals surface area (Å²) in [6.45, 7) is 2.23. The molecule has 0 aliphatic heterocycles. The van der Waals surface area contributed by atoms with E-state index >= 15 is 0 Å². The molecule has 2 N–H and O–H groups in total. The number of hydrogen-bond acceptors (Lipinski definition) is 3. The van der Waals surface area contributed by atoms with Crippen LogP contribution in [0.5, 0.6) is 0 Å². The van der Waals surface area contributed by atoms with Crippen LogP contribution >= 0.6 is 0 Å². The highest BCUT2D eigenvalue weighted by molar-refractivity contribution is 6.00. The predicted octanol–water partition coefficient (Wildman–Crippen LogP) is 3.53. The molecule has 0 spiro atoms. The maximum Gasteiger partial charge on any atom is 0.189 e. The molecule has 0 aromatic rings. The normalized spacial score (nSPS) is 25.6. The summed E-state index contributed by atoms with van der Waals surface area (Å²) >= 11 is 0.